The fraction of sp³-hybridized carbons (Fsp3) is 0.692. The van der Waals surface area contributed by atoms with E-state index in [0.29, 0.717) is 12.0 Å². The smallest absolute Gasteiger partial charge is 0.0561 e. The number of hydrogen-bond acceptors (Lipinski definition) is 2. The van der Waals surface area contributed by atoms with Gasteiger partial charge in [0.05, 0.1) is 5.02 Å². The molecule has 1 unspecified atom stereocenters. The molecule has 1 rings (SSSR count). The van der Waals surface area contributed by atoms with E-state index < -0.39 is 0 Å². The quantitative estimate of drug-likeness (QED) is 0.736. The van der Waals surface area contributed by atoms with Crippen molar-refractivity contribution in [2.45, 2.75) is 46.1 Å². The van der Waals surface area contributed by atoms with E-state index in [0.717, 1.165) is 11.6 Å². The first-order chi connectivity index (χ1) is 7.74. The Hall–Kier alpha value is -0.0500. The van der Waals surface area contributed by atoms with Crippen molar-refractivity contribution in [3.8, 4) is 0 Å². The average Bonchev–Trinajstić information content (AvgIpc) is 2.71. The highest BCUT2D eigenvalue weighted by Gasteiger charge is 2.22. The van der Waals surface area contributed by atoms with Gasteiger partial charge in [-0.3, -0.25) is 0 Å². The van der Waals surface area contributed by atoms with Crippen molar-refractivity contribution in [1.82, 2.24) is 5.32 Å². The average molecular weight is 260 g/mol. The molecule has 0 radical (unpaired) electrons. The normalized spacial score (nSPS) is 13.3. The third kappa shape index (κ3) is 3.47. The molecule has 0 bridgehead atoms. The molecular formula is C13H22ClNS. The molecule has 1 aromatic heterocycles. The van der Waals surface area contributed by atoms with Crippen molar-refractivity contribution in [2.24, 2.45) is 5.92 Å². The lowest BCUT2D eigenvalue weighted by atomic mass is 9.93. The summed E-state index contributed by atoms with van der Waals surface area (Å²) in [5, 5.41) is 6.65. The number of nitrogens with one attached hydrogen (secondary N) is 1. The summed E-state index contributed by atoms with van der Waals surface area (Å²) in [7, 11) is 0. The van der Waals surface area contributed by atoms with Crippen LogP contribution in [0.2, 0.25) is 5.02 Å². The molecule has 16 heavy (non-hydrogen) atoms. The second-order valence-electron chi connectivity index (χ2n) is 4.14. The van der Waals surface area contributed by atoms with Gasteiger partial charge >= 0.3 is 0 Å². The molecule has 3 heteroatoms. The van der Waals surface area contributed by atoms with Gasteiger partial charge in [-0.2, -0.15) is 0 Å². The Morgan fingerprint density at radius 3 is 2.44 bits per heavy atom. The van der Waals surface area contributed by atoms with Crippen LogP contribution in [-0.2, 0) is 0 Å². The molecule has 0 saturated carbocycles. The third-order valence-electron chi connectivity index (χ3n) is 3.06. The third-order valence-corrected chi connectivity index (χ3v) is 4.50. The van der Waals surface area contributed by atoms with Crippen LogP contribution >= 0.6 is 22.9 Å². The number of hydrogen-bond donors (Lipinski definition) is 1. The van der Waals surface area contributed by atoms with Crippen LogP contribution in [0.15, 0.2) is 11.4 Å². The monoisotopic (exact) mass is 259 g/mol. The Bertz CT molecular complexity index is 294. The summed E-state index contributed by atoms with van der Waals surface area (Å²) in [6.07, 6.45) is 3.57. The Labute approximate surface area is 108 Å². The Balaban J connectivity index is 2.82. The first-order valence-electron chi connectivity index (χ1n) is 6.20. The molecule has 1 aromatic rings. The van der Waals surface area contributed by atoms with Crippen LogP contribution in [0.5, 0.6) is 0 Å². The topological polar surface area (TPSA) is 12.0 Å². The van der Waals surface area contributed by atoms with E-state index in [1.165, 1.54) is 24.1 Å². The van der Waals surface area contributed by atoms with Gasteiger partial charge in [-0.25, -0.2) is 0 Å². The highest BCUT2D eigenvalue weighted by molar-refractivity contribution is 7.10. The summed E-state index contributed by atoms with van der Waals surface area (Å²) in [4.78, 5) is 1.31. The summed E-state index contributed by atoms with van der Waals surface area (Å²) in [5.41, 5.74) is 0. The van der Waals surface area contributed by atoms with Gasteiger partial charge in [0.2, 0.25) is 0 Å². The second kappa shape index (κ2) is 7.31. The van der Waals surface area contributed by atoms with Crippen LogP contribution < -0.4 is 5.32 Å². The van der Waals surface area contributed by atoms with Crippen LogP contribution in [0.1, 0.15) is 51.0 Å². The molecule has 0 fully saturated rings. The summed E-state index contributed by atoms with van der Waals surface area (Å²) in [5.74, 6) is 0.683. The predicted octanol–water partition coefficient (Wildman–Crippen LogP) is 4.88. The minimum Gasteiger partial charge on any atom is -0.309 e. The molecule has 1 N–H and O–H groups in total. The molecule has 0 saturated heterocycles. The van der Waals surface area contributed by atoms with Crippen molar-refractivity contribution in [3.63, 3.8) is 0 Å². The van der Waals surface area contributed by atoms with Crippen LogP contribution in [-0.4, -0.2) is 6.54 Å². The van der Waals surface area contributed by atoms with Crippen molar-refractivity contribution in [3.05, 3.63) is 21.3 Å². The van der Waals surface area contributed by atoms with Crippen molar-refractivity contribution in [1.29, 1.82) is 0 Å². The zero-order valence-electron chi connectivity index (χ0n) is 10.4. The fourth-order valence-electron chi connectivity index (χ4n) is 2.06. The maximum atomic E-state index is 6.24. The molecule has 0 amide bonds. The molecule has 1 heterocycles. The first-order valence-corrected chi connectivity index (χ1v) is 7.46. The molecule has 1 nitrogen and oxygen atoms in total. The predicted molar refractivity (Wildman–Crippen MR) is 74.4 cm³/mol. The molecule has 92 valence electrons. The van der Waals surface area contributed by atoms with E-state index in [-0.39, 0.29) is 0 Å². The summed E-state index contributed by atoms with van der Waals surface area (Å²) in [6.45, 7) is 7.79. The van der Waals surface area contributed by atoms with Crippen LogP contribution in [0, 0.1) is 5.92 Å². The zero-order valence-corrected chi connectivity index (χ0v) is 12.0. The van der Waals surface area contributed by atoms with Gasteiger partial charge in [0.15, 0.2) is 0 Å². The Morgan fingerprint density at radius 2 is 2.00 bits per heavy atom. The van der Waals surface area contributed by atoms with Crippen LogP contribution in [0.3, 0.4) is 0 Å². The minimum atomic E-state index is 0.433. The van der Waals surface area contributed by atoms with Crippen LogP contribution in [0.4, 0.5) is 0 Å². The van der Waals surface area contributed by atoms with E-state index in [9.17, 15) is 0 Å². The number of rotatable bonds is 7. The molecule has 0 aromatic carbocycles. The van der Waals surface area contributed by atoms with Crippen LogP contribution in [0.25, 0.3) is 0 Å². The molecular weight excluding hydrogens is 238 g/mol. The van der Waals surface area contributed by atoms with E-state index in [4.69, 9.17) is 11.6 Å². The lowest BCUT2D eigenvalue weighted by Crippen LogP contribution is -2.28. The van der Waals surface area contributed by atoms with Gasteiger partial charge in [-0.1, -0.05) is 45.2 Å². The van der Waals surface area contributed by atoms with Gasteiger partial charge in [0.25, 0.3) is 0 Å². The van der Waals surface area contributed by atoms with Gasteiger partial charge < -0.3 is 5.32 Å². The first kappa shape index (κ1) is 14.0. The van der Waals surface area contributed by atoms with E-state index in [1.807, 2.05) is 6.07 Å². The maximum absolute atomic E-state index is 6.24. The lowest BCUT2D eigenvalue weighted by molar-refractivity contribution is 0.346. The molecule has 0 spiro atoms. The second-order valence-corrected chi connectivity index (χ2v) is 5.50. The summed E-state index contributed by atoms with van der Waals surface area (Å²) < 4.78 is 0. The van der Waals surface area contributed by atoms with Crippen molar-refractivity contribution in [2.75, 3.05) is 6.54 Å². The van der Waals surface area contributed by atoms with Gasteiger partial charge in [0, 0.05) is 10.9 Å². The number of thiophene rings is 1. The molecule has 0 aliphatic rings. The standard InChI is InChI=1S/C13H22ClNS/c1-4-8-15-12(10(5-2)6-3)13-11(14)7-9-16-13/h7,9-10,12,15H,4-6,8H2,1-3H3. The lowest BCUT2D eigenvalue weighted by Gasteiger charge is -2.26. The van der Waals surface area contributed by atoms with E-state index in [2.05, 4.69) is 31.5 Å². The van der Waals surface area contributed by atoms with Crippen molar-refractivity contribution < 1.29 is 0 Å². The molecule has 0 aliphatic carbocycles. The highest BCUT2D eigenvalue weighted by atomic mass is 35.5. The highest BCUT2D eigenvalue weighted by Crippen LogP contribution is 2.35. The number of halogens is 1. The van der Waals surface area contributed by atoms with Gasteiger partial charge in [-0.15, -0.1) is 11.3 Å². The SMILES string of the molecule is CCCNC(c1sccc1Cl)C(CC)CC. The molecule has 1 atom stereocenters. The van der Waals surface area contributed by atoms with Gasteiger partial charge in [0.1, 0.15) is 0 Å². The van der Waals surface area contributed by atoms with Gasteiger partial charge in [-0.05, 0) is 30.3 Å². The Kier molecular flexibility index (Phi) is 6.40. The van der Waals surface area contributed by atoms with E-state index in [1.54, 1.807) is 11.3 Å². The molecule has 0 aliphatic heterocycles. The zero-order chi connectivity index (χ0) is 12.0. The minimum absolute atomic E-state index is 0.433. The maximum Gasteiger partial charge on any atom is 0.0561 e. The van der Waals surface area contributed by atoms with Crippen molar-refractivity contribution >= 4 is 22.9 Å². The summed E-state index contributed by atoms with van der Waals surface area (Å²) >= 11 is 8.01. The van der Waals surface area contributed by atoms with E-state index >= 15 is 0 Å². The largest absolute Gasteiger partial charge is 0.309 e. The summed E-state index contributed by atoms with van der Waals surface area (Å²) in [6, 6.07) is 2.44. The Morgan fingerprint density at radius 1 is 1.31 bits per heavy atom. The fourth-order valence-corrected chi connectivity index (χ4v) is 3.40.